The van der Waals surface area contributed by atoms with Gasteiger partial charge in [0.05, 0.1) is 7.11 Å². The summed E-state index contributed by atoms with van der Waals surface area (Å²) in [6.07, 6.45) is 1.19. The second kappa shape index (κ2) is 6.86. The Kier molecular flexibility index (Phi) is 4.49. The molecule has 0 spiro atoms. The van der Waals surface area contributed by atoms with Crippen LogP contribution in [0.15, 0.2) is 48.5 Å². The van der Waals surface area contributed by atoms with E-state index in [4.69, 9.17) is 15.2 Å². The summed E-state index contributed by atoms with van der Waals surface area (Å²) in [7, 11) is 1.63. The first-order valence-electron chi connectivity index (χ1n) is 9.44. The lowest BCUT2D eigenvalue weighted by Crippen LogP contribution is -2.64. The minimum absolute atomic E-state index is 0.253. The molecule has 2 aromatic rings. The maximum atomic E-state index is 13.2. The number of para-hydroxylation sites is 1. The van der Waals surface area contributed by atoms with Crippen LogP contribution in [0, 0.1) is 5.92 Å². The molecule has 6 nitrogen and oxygen atoms in total. The Morgan fingerprint density at radius 1 is 1.25 bits per heavy atom. The van der Waals surface area contributed by atoms with Crippen LogP contribution in [0.25, 0.3) is 0 Å². The van der Waals surface area contributed by atoms with E-state index in [0.717, 1.165) is 22.6 Å². The topological polar surface area (TPSA) is 81.9 Å². The standard InChI is InChI=1S/C22H24N2O4/c1-22-13-17(16-5-3-4-6-18(16)28-22)19(20(23)25)21(26)24(22)12-11-14-7-9-15(27-2)10-8-14/h3-10,17,19H,11-13H2,1-2H3,(H2,23,25). The molecule has 0 aliphatic carbocycles. The smallest absolute Gasteiger partial charge is 0.238 e. The number of piperidine rings is 1. The van der Waals surface area contributed by atoms with Gasteiger partial charge in [0.2, 0.25) is 11.8 Å². The highest BCUT2D eigenvalue weighted by molar-refractivity contribution is 6.01. The van der Waals surface area contributed by atoms with Crippen LogP contribution in [0.2, 0.25) is 0 Å². The summed E-state index contributed by atoms with van der Waals surface area (Å²) in [6.45, 7) is 2.36. The van der Waals surface area contributed by atoms with Crippen molar-refractivity contribution in [1.29, 1.82) is 0 Å². The molecule has 2 heterocycles. The number of benzene rings is 2. The molecular weight excluding hydrogens is 356 g/mol. The SMILES string of the molecule is COc1ccc(CCN2C(=O)C(C(N)=O)C3CC2(C)Oc2ccccc23)cc1. The molecule has 2 aliphatic heterocycles. The number of rotatable bonds is 5. The molecule has 28 heavy (non-hydrogen) atoms. The van der Waals surface area contributed by atoms with Crippen molar-refractivity contribution < 1.29 is 19.1 Å². The molecule has 2 aromatic carbocycles. The van der Waals surface area contributed by atoms with Gasteiger partial charge in [-0.05, 0) is 42.7 Å². The number of amides is 2. The number of fused-ring (bicyclic) bond motifs is 4. The summed E-state index contributed by atoms with van der Waals surface area (Å²) >= 11 is 0. The Morgan fingerprint density at radius 2 is 1.96 bits per heavy atom. The second-order valence-electron chi connectivity index (χ2n) is 7.59. The van der Waals surface area contributed by atoms with Gasteiger partial charge in [-0.15, -0.1) is 0 Å². The van der Waals surface area contributed by atoms with Crippen molar-refractivity contribution in [2.75, 3.05) is 13.7 Å². The van der Waals surface area contributed by atoms with Gasteiger partial charge in [0.25, 0.3) is 0 Å². The first kappa shape index (κ1) is 18.3. The van der Waals surface area contributed by atoms with E-state index >= 15 is 0 Å². The van der Waals surface area contributed by atoms with E-state index in [9.17, 15) is 9.59 Å². The molecule has 4 rings (SSSR count). The predicted molar refractivity (Wildman–Crippen MR) is 104 cm³/mol. The normalized spacial score (nSPS) is 25.6. The third-order valence-corrected chi connectivity index (χ3v) is 5.84. The van der Waals surface area contributed by atoms with Crippen LogP contribution in [0.3, 0.4) is 0 Å². The average Bonchev–Trinajstić information content (AvgIpc) is 2.67. The number of likely N-dealkylation sites (tertiary alicyclic amines) is 1. The van der Waals surface area contributed by atoms with Gasteiger partial charge in [0.1, 0.15) is 17.4 Å². The van der Waals surface area contributed by atoms with Gasteiger partial charge < -0.3 is 20.1 Å². The Balaban J connectivity index is 1.63. The molecule has 2 N–H and O–H groups in total. The number of ether oxygens (including phenoxy) is 2. The van der Waals surface area contributed by atoms with Gasteiger partial charge in [-0.25, -0.2) is 0 Å². The van der Waals surface area contributed by atoms with Crippen molar-refractivity contribution in [2.45, 2.75) is 31.4 Å². The summed E-state index contributed by atoms with van der Waals surface area (Å²) in [5.74, 6) is -0.452. The van der Waals surface area contributed by atoms with Crippen LogP contribution in [0.1, 0.15) is 30.4 Å². The average molecular weight is 380 g/mol. The molecule has 2 bridgehead atoms. The molecule has 2 aliphatic rings. The molecule has 3 unspecified atom stereocenters. The molecule has 0 aromatic heterocycles. The third-order valence-electron chi connectivity index (χ3n) is 5.84. The van der Waals surface area contributed by atoms with Gasteiger partial charge in [0, 0.05) is 18.9 Å². The highest BCUT2D eigenvalue weighted by atomic mass is 16.5. The zero-order valence-electron chi connectivity index (χ0n) is 16.1. The zero-order valence-corrected chi connectivity index (χ0v) is 16.1. The molecule has 1 fully saturated rings. The Hall–Kier alpha value is -3.02. The maximum absolute atomic E-state index is 13.2. The number of hydrogen-bond acceptors (Lipinski definition) is 4. The van der Waals surface area contributed by atoms with Crippen LogP contribution < -0.4 is 15.2 Å². The minimum Gasteiger partial charge on any atom is -0.497 e. The number of hydrogen-bond donors (Lipinski definition) is 1. The van der Waals surface area contributed by atoms with E-state index in [2.05, 4.69) is 0 Å². The monoisotopic (exact) mass is 380 g/mol. The molecule has 6 heteroatoms. The Morgan fingerprint density at radius 3 is 2.64 bits per heavy atom. The van der Waals surface area contributed by atoms with E-state index in [1.165, 1.54) is 0 Å². The second-order valence-corrected chi connectivity index (χ2v) is 7.59. The van der Waals surface area contributed by atoms with E-state index in [0.29, 0.717) is 19.4 Å². The minimum atomic E-state index is -0.867. The Bertz CT molecular complexity index is 911. The third kappa shape index (κ3) is 2.99. The van der Waals surface area contributed by atoms with Gasteiger partial charge in [-0.3, -0.25) is 9.59 Å². The van der Waals surface area contributed by atoms with Crippen LogP contribution in [0.5, 0.6) is 11.5 Å². The van der Waals surface area contributed by atoms with Gasteiger partial charge >= 0.3 is 0 Å². The largest absolute Gasteiger partial charge is 0.497 e. The van der Waals surface area contributed by atoms with Gasteiger partial charge in [-0.2, -0.15) is 0 Å². The lowest BCUT2D eigenvalue weighted by Gasteiger charge is -2.52. The van der Waals surface area contributed by atoms with Crippen LogP contribution in [-0.4, -0.2) is 36.1 Å². The van der Waals surface area contributed by atoms with Gasteiger partial charge in [-0.1, -0.05) is 30.3 Å². The molecule has 0 radical (unpaired) electrons. The van der Waals surface area contributed by atoms with E-state index < -0.39 is 17.6 Å². The lowest BCUT2D eigenvalue weighted by atomic mass is 9.73. The molecule has 0 saturated carbocycles. The summed E-state index contributed by atoms with van der Waals surface area (Å²) in [5.41, 5.74) is 6.81. The number of carbonyl (C=O) groups excluding carboxylic acids is 2. The molecule has 146 valence electrons. The Labute approximate surface area is 164 Å². The summed E-state index contributed by atoms with van der Waals surface area (Å²) < 4.78 is 11.4. The number of nitrogens with two attached hydrogens (primary N) is 1. The fourth-order valence-electron chi connectivity index (χ4n) is 4.41. The van der Waals surface area contributed by atoms with Crippen molar-refractivity contribution >= 4 is 11.8 Å². The van der Waals surface area contributed by atoms with Crippen molar-refractivity contribution in [1.82, 2.24) is 4.90 Å². The number of methoxy groups -OCH3 is 1. The summed E-state index contributed by atoms with van der Waals surface area (Å²) in [6, 6.07) is 15.3. The molecule has 2 amide bonds. The van der Waals surface area contributed by atoms with Crippen LogP contribution in [-0.2, 0) is 16.0 Å². The van der Waals surface area contributed by atoms with Crippen molar-refractivity contribution in [3.63, 3.8) is 0 Å². The fourth-order valence-corrected chi connectivity index (χ4v) is 4.41. The molecule has 3 atom stereocenters. The van der Waals surface area contributed by atoms with Crippen LogP contribution in [0.4, 0.5) is 0 Å². The number of carbonyl (C=O) groups is 2. The maximum Gasteiger partial charge on any atom is 0.238 e. The first-order chi connectivity index (χ1) is 13.4. The molecular formula is C22H24N2O4. The quantitative estimate of drug-likeness (QED) is 0.808. The highest BCUT2D eigenvalue weighted by Crippen LogP contribution is 2.49. The zero-order chi connectivity index (χ0) is 19.9. The summed E-state index contributed by atoms with van der Waals surface area (Å²) in [4.78, 5) is 27.1. The highest BCUT2D eigenvalue weighted by Gasteiger charge is 2.55. The number of nitrogens with zero attached hydrogens (tertiary/aromatic N) is 1. The predicted octanol–water partition coefficient (Wildman–Crippen LogP) is 2.46. The fraction of sp³-hybridized carbons (Fsp3) is 0.364. The van der Waals surface area contributed by atoms with E-state index in [1.54, 1.807) is 12.0 Å². The summed E-state index contributed by atoms with van der Waals surface area (Å²) in [5, 5.41) is 0. The number of primary amides is 1. The van der Waals surface area contributed by atoms with Crippen molar-refractivity contribution in [3.05, 3.63) is 59.7 Å². The lowest BCUT2D eigenvalue weighted by molar-refractivity contribution is -0.175. The van der Waals surface area contributed by atoms with E-state index in [-0.39, 0.29) is 11.8 Å². The van der Waals surface area contributed by atoms with Crippen molar-refractivity contribution in [2.24, 2.45) is 11.7 Å². The first-order valence-corrected chi connectivity index (χ1v) is 9.44. The van der Waals surface area contributed by atoms with Gasteiger partial charge in [0.15, 0.2) is 5.72 Å². The van der Waals surface area contributed by atoms with Crippen LogP contribution >= 0.6 is 0 Å². The molecule has 1 saturated heterocycles. The van der Waals surface area contributed by atoms with Crippen molar-refractivity contribution in [3.8, 4) is 11.5 Å². The van der Waals surface area contributed by atoms with E-state index in [1.807, 2.05) is 55.5 Å².